The van der Waals surface area contributed by atoms with Crippen molar-refractivity contribution in [2.24, 2.45) is 0 Å². The molecule has 0 aliphatic heterocycles. The Morgan fingerprint density at radius 3 is 2.50 bits per heavy atom. The SMILES string of the molecule is O=C(COC(=O)c1cc(-c2ccncc2)nc2ccccc12)Nc1ccccc1Br. The molecule has 0 saturated carbocycles. The second-order valence-electron chi connectivity index (χ2n) is 6.41. The van der Waals surface area contributed by atoms with Gasteiger partial charge in [-0.1, -0.05) is 30.3 Å². The van der Waals surface area contributed by atoms with E-state index in [2.05, 4.69) is 31.2 Å². The van der Waals surface area contributed by atoms with Gasteiger partial charge in [0.25, 0.3) is 5.91 Å². The zero-order chi connectivity index (χ0) is 20.9. The molecule has 2 aromatic heterocycles. The van der Waals surface area contributed by atoms with Crippen LogP contribution in [-0.2, 0) is 9.53 Å². The number of aromatic nitrogens is 2. The summed E-state index contributed by atoms with van der Waals surface area (Å²) in [5.74, 6) is -1.02. The lowest BCUT2D eigenvalue weighted by Gasteiger charge is -2.11. The third-order valence-corrected chi connectivity index (χ3v) is 5.09. The normalized spacial score (nSPS) is 10.6. The van der Waals surface area contributed by atoms with Gasteiger partial charge in [0.2, 0.25) is 0 Å². The van der Waals surface area contributed by atoms with Gasteiger partial charge in [0.15, 0.2) is 6.61 Å². The molecular formula is C23H16BrN3O3. The molecule has 0 bridgehead atoms. The van der Waals surface area contributed by atoms with E-state index in [0.717, 1.165) is 10.0 Å². The Balaban J connectivity index is 1.57. The largest absolute Gasteiger partial charge is 0.452 e. The van der Waals surface area contributed by atoms with Gasteiger partial charge in [-0.15, -0.1) is 0 Å². The maximum Gasteiger partial charge on any atom is 0.339 e. The van der Waals surface area contributed by atoms with Gasteiger partial charge in [-0.25, -0.2) is 9.78 Å². The monoisotopic (exact) mass is 461 g/mol. The Labute approximate surface area is 181 Å². The Kier molecular flexibility index (Phi) is 5.81. The molecule has 148 valence electrons. The van der Waals surface area contributed by atoms with Gasteiger partial charge in [-0.2, -0.15) is 0 Å². The van der Waals surface area contributed by atoms with Crippen LogP contribution >= 0.6 is 15.9 Å². The summed E-state index contributed by atoms with van der Waals surface area (Å²) in [6.45, 7) is -0.401. The van der Waals surface area contributed by atoms with Gasteiger partial charge >= 0.3 is 5.97 Å². The molecule has 0 saturated heterocycles. The molecule has 6 nitrogen and oxygen atoms in total. The fourth-order valence-electron chi connectivity index (χ4n) is 2.97. The zero-order valence-corrected chi connectivity index (χ0v) is 17.3. The quantitative estimate of drug-likeness (QED) is 0.429. The lowest BCUT2D eigenvalue weighted by molar-refractivity contribution is -0.119. The standard InChI is InChI=1S/C23H16BrN3O3/c24-18-6-2-4-8-20(18)27-22(28)14-30-23(29)17-13-21(15-9-11-25-12-10-15)26-19-7-3-1-5-16(17)19/h1-13H,14H2,(H,27,28). The molecule has 0 aliphatic carbocycles. The number of anilines is 1. The minimum atomic E-state index is -0.591. The molecule has 1 N–H and O–H groups in total. The average Bonchev–Trinajstić information content (AvgIpc) is 2.79. The summed E-state index contributed by atoms with van der Waals surface area (Å²) < 4.78 is 6.04. The van der Waals surface area contributed by atoms with Gasteiger partial charge < -0.3 is 10.1 Å². The third-order valence-electron chi connectivity index (χ3n) is 4.39. The topological polar surface area (TPSA) is 81.2 Å². The van der Waals surface area contributed by atoms with Crippen LogP contribution in [0.3, 0.4) is 0 Å². The molecule has 4 aromatic rings. The van der Waals surface area contributed by atoms with Gasteiger partial charge in [-0.05, 0) is 52.3 Å². The second-order valence-corrected chi connectivity index (χ2v) is 7.27. The van der Waals surface area contributed by atoms with Crippen LogP contribution < -0.4 is 5.32 Å². The minimum absolute atomic E-state index is 0.348. The van der Waals surface area contributed by atoms with E-state index in [1.54, 1.807) is 36.7 Å². The van der Waals surface area contributed by atoms with Gasteiger partial charge in [-0.3, -0.25) is 9.78 Å². The van der Waals surface area contributed by atoms with Crippen molar-refractivity contribution >= 4 is 44.4 Å². The number of pyridine rings is 2. The summed E-state index contributed by atoms with van der Waals surface area (Å²) in [4.78, 5) is 33.7. The summed E-state index contributed by atoms with van der Waals surface area (Å²) in [5.41, 5.74) is 3.07. The van der Waals surface area contributed by atoms with Crippen molar-refractivity contribution in [3.63, 3.8) is 0 Å². The number of carbonyl (C=O) groups excluding carboxylic acids is 2. The molecule has 7 heteroatoms. The molecule has 0 atom stereocenters. The zero-order valence-electron chi connectivity index (χ0n) is 15.7. The van der Waals surface area contributed by atoms with Crippen molar-refractivity contribution in [2.45, 2.75) is 0 Å². The molecule has 0 unspecified atom stereocenters. The average molecular weight is 462 g/mol. The lowest BCUT2D eigenvalue weighted by Crippen LogP contribution is -2.21. The molecule has 4 rings (SSSR count). The Hall–Kier alpha value is -3.58. The second kappa shape index (κ2) is 8.84. The predicted molar refractivity (Wildman–Crippen MR) is 118 cm³/mol. The van der Waals surface area contributed by atoms with Crippen LogP contribution in [0.2, 0.25) is 0 Å². The van der Waals surface area contributed by atoms with E-state index in [4.69, 9.17) is 4.74 Å². The molecule has 1 amide bonds. The summed E-state index contributed by atoms with van der Waals surface area (Å²) in [6.07, 6.45) is 3.33. The smallest absolute Gasteiger partial charge is 0.339 e. The molecule has 0 aliphatic rings. The van der Waals surface area contributed by atoms with Crippen molar-refractivity contribution in [3.05, 3.63) is 89.2 Å². The Bertz CT molecular complexity index is 1230. The van der Waals surface area contributed by atoms with Crippen molar-refractivity contribution < 1.29 is 14.3 Å². The first kappa shape index (κ1) is 19.7. The number of hydrogen-bond donors (Lipinski definition) is 1. The van der Waals surface area contributed by atoms with Gasteiger partial charge in [0, 0.05) is 27.8 Å². The minimum Gasteiger partial charge on any atom is -0.452 e. The molecule has 2 heterocycles. The number of benzene rings is 2. The molecule has 2 aromatic carbocycles. The summed E-state index contributed by atoms with van der Waals surface area (Å²) in [6, 6.07) is 19.8. The van der Waals surface area contributed by atoms with Crippen molar-refractivity contribution in [1.82, 2.24) is 9.97 Å². The first-order valence-corrected chi connectivity index (χ1v) is 9.93. The molecule has 30 heavy (non-hydrogen) atoms. The third kappa shape index (κ3) is 4.36. The van der Waals surface area contributed by atoms with E-state index >= 15 is 0 Å². The molecule has 0 radical (unpaired) electrons. The van der Waals surface area contributed by atoms with Crippen LogP contribution in [0.15, 0.2) is 83.6 Å². The highest BCUT2D eigenvalue weighted by molar-refractivity contribution is 9.10. The first-order valence-electron chi connectivity index (χ1n) is 9.13. The van der Waals surface area contributed by atoms with E-state index < -0.39 is 18.5 Å². The molecular weight excluding hydrogens is 446 g/mol. The van der Waals surface area contributed by atoms with Crippen LogP contribution in [0, 0.1) is 0 Å². The number of fused-ring (bicyclic) bond motifs is 1. The van der Waals surface area contributed by atoms with E-state index in [1.807, 2.05) is 42.5 Å². The number of nitrogens with zero attached hydrogens (tertiary/aromatic N) is 2. The number of nitrogens with one attached hydrogen (secondary N) is 1. The van der Waals surface area contributed by atoms with E-state index in [1.165, 1.54) is 0 Å². The van der Waals surface area contributed by atoms with Crippen LogP contribution in [0.5, 0.6) is 0 Å². The van der Waals surface area contributed by atoms with Crippen LogP contribution in [-0.4, -0.2) is 28.5 Å². The number of carbonyl (C=O) groups is 2. The molecule has 0 fully saturated rings. The maximum atomic E-state index is 12.8. The van der Waals surface area contributed by atoms with Gasteiger partial charge in [0.1, 0.15) is 0 Å². The van der Waals surface area contributed by atoms with Crippen molar-refractivity contribution in [1.29, 1.82) is 0 Å². The van der Waals surface area contributed by atoms with Crippen LogP contribution in [0.4, 0.5) is 5.69 Å². The number of ether oxygens (including phenoxy) is 1. The highest BCUT2D eigenvalue weighted by atomic mass is 79.9. The van der Waals surface area contributed by atoms with Gasteiger partial charge in [0.05, 0.1) is 22.5 Å². The number of rotatable bonds is 5. The maximum absolute atomic E-state index is 12.8. The van der Waals surface area contributed by atoms with E-state index in [9.17, 15) is 9.59 Å². The number of amides is 1. The predicted octanol–water partition coefficient (Wildman–Crippen LogP) is 4.85. The number of esters is 1. The summed E-state index contributed by atoms with van der Waals surface area (Å²) >= 11 is 3.36. The Morgan fingerprint density at radius 1 is 0.967 bits per heavy atom. The lowest BCUT2D eigenvalue weighted by atomic mass is 10.0. The van der Waals surface area contributed by atoms with Crippen molar-refractivity contribution in [3.8, 4) is 11.3 Å². The molecule has 0 spiro atoms. The fraction of sp³-hybridized carbons (Fsp3) is 0.0435. The summed E-state index contributed by atoms with van der Waals surface area (Å²) in [5, 5.41) is 3.37. The number of halogens is 1. The van der Waals surface area contributed by atoms with Crippen LogP contribution in [0.25, 0.3) is 22.2 Å². The van der Waals surface area contributed by atoms with E-state index in [0.29, 0.717) is 27.8 Å². The fourth-order valence-corrected chi connectivity index (χ4v) is 3.36. The van der Waals surface area contributed by atoms with E-state index in [-0.39, 0.29) is 0 Å². The van der Waals surface area contributed by atoms with Crippen LogP contribution in [0.1, 0.15) is 10.4 Å². The highest BCUT2D eigenvalue weighted by Gasteiger charge is 2.17. The Morgan fingerprint density at radius 2 is 1.70 bits per heavy atom. The first-order chi connectivity index (χ1) is 14.6. The summed E-state index contributed by atoms with van der Waals surface area (Å²) in [7, 11) is 0. The van der Waals surface area contributed by atoms with Crippen molar-refractivity contribution in [2.75, 3.05) is 11.9 Å². The number of hydrogen-bond acceptors (Lipinski definition) is 5. The highest BCUT2D eigenvalue weighted by Crippen LogP contribution is 2.25. The number of para-hydroxylation sites is 2.